The summed E-state index contributed by atoms with van der Waals surface area (Å²) < 4.78 is 13.0. The lowest BCUT2D eigenvalue weighted by atomic mass is 9.85. The van der Waals surface area contributed by atoms with Crippen LogP contribution in [0.2, 0.25) is 5.54 Å². The highest BCUT2D eigenvalue weighted by atomic mass is 28.4. The van der Waals surface area contributed by atoms with Gasteiger partial charge in [0.25, 0.3) is 0 Å². The van der Waals surface area contributed by atoms with E-state index in [1.165, 1.54) is 64.3 Å². The maximum absolute atomic E-state index is 6.51. The number of hydrogen-bond donors (Lipinski definition) is 0. The van der Waals surface area contributed by atoms with Crippen LogP contribution in [-0.4, -0.2) is 22.8 Å². The molecule has 2 aliphatic rings. The standard InChI is InChI=1S/C28H40O2Si/c1-27(2,3)20-13-14-22-19(17-20)18-24-23(22)15-16-25(28(4,5)6)26(24)31(29-7,30-8)21-11-9-10-12-21/h13-17,21H,9-12,18H2,1-8H3. The van der Waals surface area contributed by atoms with Crippen molar-refractivity contribution in [2.75, 3.05) is 14.2 Å². The molecule has 4 rings (SSSR count). The van der Waals surface area contributed by atoms with Gasteiger partial charge in [0.1, 0.15) is 0 Å². The number of rotatable bonds is 4. The highest BCUT2D eigenvalue weighted by Crippen LogP contribution is 2.45. The first-order valence-electron chi connectivity index (χ1n) is 11.9. The van der Waals surface area contributed by atoms with Crippen molar-refractivity contribution in [3.05, 3.63) is 52.6 Å². The monoisotopic (exact) mass is 436 g/mol. The zero-order valence-corrected chi connectivity index (χ0v) is 21.8. The van der Waals surface area contributed by atoms with Gasteiger partial charge in [-0.25, -0.2) is 0 Å². The van der Waals surface area contributed by atoms with Crippen molar-refractivity contribution in [1.82, 2.24) is 0 Å². The molecule has 0 unspecified atom stereocenters. The van der Waals surface area contributed by atoms with Crippen LogP contribution in [0, 0.1) is 0 Å². The van der Waals surface area contributed by atoms with E-state index in [0.29, 0.717) is 5.54 Å². The Balaban J connectivity index is 1.96. The van der Waals surface area contributed by atoms with Gasteiger partial charge in [-0.3, -0.25) is 0 Å². The lowest BCUT2D eigenvalue weighted by molar-refractivity contribution is 0.243. The predicted molar refractivity (Wildman–Crippen MR) is 134 cm³/mol. The molecule has 2 aliphatic carbocycles. The van der Waals surface area contributed by atoms with E-state index in [4.69, 9.17) is 8.85 Å². The van der Waals surface area contributed by atoms with Gasteiger partial charge in [0.05, 0.1) is 0 Å². The van der Waals surface area contributed by atoms with E-state index in [2.05, 4.69) is 71.9 Å². The summed E-state index contributed by atoms with van der Waals surface area (Å²) in [6.07, 6.45) is 6.02. The van der Waals surface area contributed by atoms with E-state index in [0.717, 1.165) is 6.42 Å². The molecule has 0 bridgehead atoms. The zero-order chi connectivity index (χ0) is 22.6. The molecule has 1 fully saturated rings. The third-order valence-corrected chi connectivity index (χ3v) is 11.7. The molecular formula is C28H40O2Si. The smallest absolute Gasteiger partial charge is 0.375 e. The van der Waals surface area contributed by atoms with Gasteiger partial charge >= 0.3 is 8.56 Å². The van der Waals surface area contributed by atoms with Crippen LogP contribution in [-0.2, 0) is 26.1 Å². The van der Waals surface area contributed by atoms with Crippen molar-refractivity contribution in [2.24, 2.45) is 0 Å². The number of benzene rings is 2. The molecular weight excluding hydrogens is 396 g/mol. The molecule has 0 heterocycles. The van der Waals surface area contributed by atoms with Gasteiger partial charge in [0.2, 0.25) is 0 Å². The quantitative estimate of drug-likeness (QED) is 0.422. The largest absolute Gasteiger partial charge is 0.394 e. The van der Waals surface area contributed by atoms with Crippen molar-refractivity contribution < 1.29 is 8.85 Å². The maximum atomic E-state index is 6.51. The van der Waals surface area contributed by atoms with Crippen LogP contribution in [0.3, 0.4) is 0 Å². The minimum absolute atomic E-state index is 0.0453. The zero-order valence-electron chi connectivity index (χ0n) is 20.8. The Bertz CT molecular complexity index is 968. The molecule has 2 aromatic rings. The highest BCUT2D eigenvalue weighted by molar-refractivity contribution is 6.83. The van der Waals surface area contributed by atoms with Crippen molar-refractivity contribution in [1.29, 1.82) is 0 Å². The van der Waals surface area contributed by atoms with E-state index < -0.39 is 8.56 Å². The number of hydrogen-bond acceptors (Lipinski definition) is 2. The first-order valence-corrected chi connectivity index (χ1v) is 13.8. The Morgan fingerprint density at radius 1 is 0.806 bits per heavy atom. The van der Waals surface area contributed by atoms with Crippen LogP contribution in [0.5, 0.6) is 0 Å². The summed E-state index contributed by atoms with van der Waals surface area (Å²) >= 11 is 0. The highest BCUT2D eigenvalue weighted by Gasteiger charge is 2.51. The average Bonchev–Trinajstić information content (AvgIpc) is 3.35. The normalized spacial score (nSPS) is 17.2. The molecule has 3 heteroatoms. The molecule has 0 aliphatic heterocycles. The Morgan fingerprint density at radius 3 is 1.97 bits per heavy atom. The van der Waals surface area contributed by atoms with Crippen molar-refractivity contribution in [3.8, 4) is 11.1 Å². The molecule has 0 saturated heterocycles. The Labute approximate surface area is 190 Å². The minimum Gasteiger partial charge on any atom is -0.394 e. The van der Waals surface area contributed by atoms with Crippen molar-refractivity contribution in [2.45, 2.75) is 90.0 Å². The Hall–Kier alpha value is -1.42. The fraction of sp³-hybridized carbons (Fsp3) is 0.571. The third-order valence-electron chi connectivity index (χ3n) is 7.60. The lowest BCUT2D eigenvalue weighted by Crippen LogP contribution is -2.59. The SMILES string of the molecule is CO[Si](OC)(c1c(C(C)(C)C)ccc2c1Cc1cc(C(C)(C)C)ccc1-2)C1CCCC1. The topological polar surface area (TPSA) is 18.5 Å². The maximum Gasteiger partial charge on any atom is 0.375 e. The molecule has 1 saturated carbocycles. The van der Waals surface area contributed by atoms with Crippen LogP contribution >= 0.6 is 0 Å². The van der Waals surface area contributed by atoms with Crippen LogP contribution in [0.1, 0.15) is 89.5 Å². The van der Waals surface area contributed by atoms with Crippen LogP contribution in [0.15, 0.2) is 30.3 Å². The molecule has 0 aromatic heterocycles. The molecule has 0 amide bonds. The summed E-state index contributed by atoms with van der Waals surface area (Å²) in [6.45, 7) is 13.9. The summed E-state index contributed by atoms with van der Waals surface area (Å²) in [6, 6.07) is 11.8. The fourth-order valence-corrected chi connectivity index (χ4v) is 10.2. The molecule has 168 valence electrons. The van der Waals surface area contributed by atoms with Gasteiger partial charge in [0, 0.05) is 24.9 Å². The summed E-state index contributed by atoms with van der Waals surface area (Å²) in [4.78, 5) is 0. The summed E-state index contributed by atoms with van der Waals surface area (Å²) in [5, 5.41) is 1.43. The van der Waals surface area contributed by atoms with E-state index in [1.807, 2.05) is 14.2 Å². The van der Waals surface area contributed by atoms with Crippen molar-refractivity contribution in [3.63, 3.8) is 0 Å². The van der Waals surface area contributed by atoms with Gasteiger partial charge in [-0.05, 0) is 63.5 Å². The molecule has 2 aromatic carbocycles. The van der Waals surface area contributed by atoms with Gasteiger partial charge < -0.3 is 8.85 Å². The first kappa shape index (κ1) is 22.8. The number of fused-ring (bicyclic) bond motifs is 3. The van der Waals surface area contributed by atoms with E-state index in [1.54, 1.807) is 0 Å². The molecule has 0 atom stereocenters. The van der Waals surface area contributed by atoms with Gasteiger partial charge in [-0.2, -0.15) is 0 Å². The van der Waals surface area contributed by atoms with Gasteiger partial charge in [-0.1, -0.05) is 84.7 Å². The average molecular weight is 437 g/mol. The van der Waals surface area contributed by atoms with Gasteiger partial charge in [-0.15, -0.1) is 0 Å². The summed E-state index contributed by atoms with van der Waals surface area (Å²) in [5.41, 5.74) is 9.27. The molecule has 0 N–H and O–H groups in total. The van der Waals surface area contributed by atoms with Gasteiger partial charge in [0.15, 0.2) is 0 Å². The van der Waals surface area contributed by atoms with Crippen molar-refractivity contribution >= 4 is 13.7 Å². The predicted octanol–water partition coefficient (Wildman–Crippen LogP) is 6.74. The van der Waals surface area contributed by atoms with Crippen LogP contribution in [0.4, 0.5) is 0 Å². The summed E-state index contributed by atoms with van der Waals surface area (Å²) in [7, 11) is 1.22. The van der Waals surface area contributed by atoms with E-state index in [-0.39, 0.29) is 10.8 Å². The van der Waals surface area contributed by atoms with E-state index in [9.17, 15) is 0 Å². The van der Waals surface area contributed by atoms with Crippen LogP contribution < -0.4 is 5.19 Å². The second-order valence-corrected chi connectivity index (χ2v) is 15.1. The van der Waals surface area contributed by atoms with Crippen LogP contribution in [0.25, 0.3) is 11.1 Å². The minimum atomic E-state index is -2.59. The summed E-state index contributed by atoms with van der Waals surface area (Å²) in [5.74, 6) is 0. The molecule has 0 radical (unpaired) electrons. The molecule has 31 heavy (non-hydrogen) atoms. The lowest BCUT2D eigenvalue weighted by Gasteiger charge is -2.38. The Morgan fingerprint density at radius 2 is 1.42 bits per heavy atom. The first-order chi connectivity index (χ1) is 14.5. The third kappa shape index (κ3) is 3.73. The molecule has 0 spiro atoms. The van der Waals surface area contributed by atoms with E-state index >= 15 is 0 Å². The second-order valence-electron chi connectivity index (χ2n) is 11.6. The second kappa shape index (κ2) is 7.86. The molecule has 2 nitrogen and oxygen atoms in total. The fourth-order valence-electron chi connectivity index (χ4n) is 5.90. The Kier molecular flexibility index (Phi) is 5.77.